The van der Waals surface area contributed by atoms with Gasteiger partial charge in [0.1, 0.15) is 0 Å². The lowest BCUT2D eigenvalue weighted by Crippen LogP contribution is -2.49. The maximum atomic E-state index is 13.8. The number of aliphatic hydroxyl groups excluding tert-OH is 1. The second kappa shape index (κ2) is 8.16. The second-order valence-electron chi connectivity index (χ2n) is 8.20. The molecule has 1 aliphatic carbocycles. The molecule has 1 amide bonds. The number of nitrogens with one attached hydrogen (secondary N) is 1. The molecule has 9 heteroatoms. The zero-order valence-corrected chi connectivity index (χ0v) is 16.3. The SMILES string of the molecule is Cn1cc(CN2C[C@H]3C[C@H](O)[C@@H](NC(=O)Cc4cccc(F)c4F)C[C@H]3C2)nn1. The molecular weight excluding hydrogens is 380 g/mol. The number of hydrogen-bond donors (Lipinski definition) is 2. The highest BCUT2D eigenvalue weighted by atomic mass is 19.2. The van der Waals surface area contributed by atoms with Crippen LogP contribution in [0.2, 0.25) is 0 Å². The molecule has 7 nitrogen and oxygen atoms in total. The second-order valence-corrected chi connectivity index (χ2v) is 8.20. The molecule has 2 fully saturated rings. The van der Waals surface area contributed by atoms with Crippen LogP contribution >= 0.6 is 0 Å². The van der Waals surface area contributed by atoms with Crippen molar-refractivity contribution >= 4 is 5.91 Å². The number of likely N-dealkylation sites (tertiary alicyclic amines) is 1. The van der Waals surface area contributed by atoms with E-state index in [9.17, 15) is 18.7 Å². The van der Waals surface area contributed by atoms with Gasteiger partial charge in [0.2, 0.25) is 5.91 Å². The minimum atomic E-state index is -0.998. The maximum Gasteiger partial charge on any atom is 0.224 e. The van der Waals surface area contributed by atoms with Gasteiger partial charge in [0.05, 0.1) is 24.3 Å². The summed E-state index contributed by atoms with van der Waals surface area (Å²) in [7, 11) is 1.83. The van der Waals surface area contributed by atoms with E-state index >= 15 is 0 Å². The van der Waals surface area contributed by atoms with Gasteiger partial charge in [0, 0.05) is 38.4 Å². The number of fused-ring (bicyclic) bond motifs is 1. The van der Waals surface area contributed by atoms with Gasteiger partial charge in [0.25, 0.3) is 0 Å². The van der Waals surface area contributed by atoms with Crippen molar-refractivity contribution in [1.29, 1.82) is 0 Å². The number of aryl methyl sites for hydroxylation is 1. The molecule has 29 heavy (non-hydrogen) atoms. The molecule has 2 aromatic rings. The number of aromatic nitrogens is 3. The minimum absolute atomic E-state index is 0.0155. The molecule has 4 rings (SSSR count). The first-order valence-corrected chi connectivity index (χ1v) is 9.87. The Bertz CT molecular complexity index is 890. The zero-order chi connectivity index (χ0) is 20.5. The van der Waals surface area contributed by atoms with Crippen molar-refractivity contribution in [3.05, 3.63) is 47.3 Å². The number of benzene rings is 1. The van der Waals surface area contributed by atoms with Crippen LogP contribution in [0.1, 0.15) is 24.1 Å². The van der Waals surface area contributed by atoms with Crippen molar-refractivity contribution in [2.75, 3.05) is 13.1 Å². The summed E-state index contributed by atoms with van der Waals surface area (Å²) in [6, 6.07) is 3.42. The Morgan fingerprint density at radius 3 is 2.76 bits per heavy atom. The molecule has 1 saturated carbocycles. The van der Waals surface area contributed by atoms with Crippen molar-refractivity contribution in [2.45, 2.75) is 38.0 Å². The molecule has 1 saturated heterocycles. The third-order valence-corrected chi connectivity index (χ3v) is 5.98. The highest BCUT2D eigenvalue weighted by molar-refractivity contribution is 5.79. The van der Waals surface area contributed by atoms with Gasteiger partial charge in [-0.2, -0.15) is 0 Å². The number of carbonyl (C=O) groups excluding carboxylic acids is 1. The highest BCUT2D eigenvalue weighted by Gasteiger charge is 2.42. The molecule has 1 aliphatic heterocycles. The van der Waals surface area contributed by atoms with Crippen molar-refractivity contribution in [1.82, 2.24) is 25.2 Å². The summed E-state index contributed by atoms with van der Waals surface area (Å²) < 4.78 is 28.8. The van der Waals surface area contributed by atoms with E-state index in [0.29, 0.717) is 31.2 Å². The number of hydrogen-bond acceptors (Lipinski definition) is 5. The molecule has 2 N–H and O–H groups in total. The van der Waals surface area contributed by atoms with Crippen LogP contribution in [0.4, 0.5) is 8.78 Å². The Labute approximate surface area is 167 Å². The number of amides is 1. The van der Waals surface area contributed by atoms with Crippen LogP contribution in [0.25, 0.3) is 0 Å². The molecule has 4 atom stereocenters. The molecule has 0 spiro atoms. The van der Waals surface area contributed by atoms with Gasteiger partial charge in [-0.15, -0.1) is 5.10 Å². The smallest absolute Gasteiger partial charge is 0.224 e. The van der Waals surface area contributed by atoms with E-state index in [2.05, 4.69) is 20.5 Å². The maximum absolute atomic E-state index is 13.8. The molecule has 2 heterocycles. The topological polar surface area (TPSA) is 83.3 Å². The number of carbonyl (C=O) groups is 1. The lowest BCUT2D eigenvalue weighted by atomic mass is 9.77. The zero-order valence-electron chi connectivity index (χ0n) is 16.3. The predicted octanol–water partition coefficient (Wildman–Crippen LogP) is 1.02. The van der Waals surface area contributed by atoms with Gasteiger partial charge >= 0.3 is 0 Å². The van der Waals surface area contributed by atoms with E-state index in [4.69, 9.17) is 0 Å². The van der Waals surface area contributed by atoms with E-state index in [1.807, 2.05) is 13.2 Å². The third kappa shape index (κ3) is 4.45. The molecule has 0 unspecified atom stereocenters. The Kier molecular flexibility index (Phi) is 5.60. The quantitative estimate of drug-likeness (QED) is 0.776. The van der Waals surface area contributed by atoms with Crippen LogP contribution in [0.15, 0.2) is 24.4 Å². The van der Waals surface area contributed by atoms with Gasteiger partial charge in [-0.05, 0) is 30.7 Å². The molecule has 1 aromatic heterocycles. The first-order valence-electron chi connectivity index (χ1n) is 9.87. The van der Waals surface area contributed by atoms with Crippen molar-refractivity contribution in [2.24, 2.45) is 18.9 Å². The Hall–Kier alpha value is -2.39. The van der Waals surface area contributed by atoms with Crippen LogP contribution in [-0.2, 0) is 24.8 Å². The van der Waals surface area contributed by atoms with Gasteiger partial charge in [-0.3, -0.25) is 14.4 Å². The molecule has 2 aliphatic rings. The Morgan fingerprint density at radius 1 is 1.28 bits per heavy atom. The van der Waals surface area contributed by atoms with Crippen LogP contribution in [0.5, 0.6) is 0 Å². The molecular formula is C20H25F2N5O2. The minimum Gasteiger partial charge on any atom is -0.391 e. The largest absolute Gasteiger partial charge is 0.391 e. The lowest BCUT2D eigenvalue weighted by molar-refractivity contribution is -0.122. The summed E-state index contributed by atoms with van der Waals surface area (Å²) in [4.78, 5) is 14.7. The average molecular weight is 405 g/mol. The van der Waals surface area contributed by atoms with E-state index in [1.165, 1.54) is 12.1 Å². The van der Waals surface area contributed by atoms with Crippen molar-refractivity contribution in [3.63, 3.8) is 0 Å². The monoisotopic (exact) mass is 405 g/mol. The fourth-order valence-corrected chi connectivity index (χ4v) is 4.62. The number of rotatable bonds is 5. The fraction of sp³-hybridized carbons (Fsp3) is 0.550. The Morgan fingerprint density at radius 2 is 2.03 bits per heavy atom. The number of halogens is 2. The van der Waals surface area contributed by atoms with Gasteiger partial charge in [-0.25, -0.2) is 8.78 Å². The standard InChI is InChI=1S/C20H25F2N5O2/c1-26-10-15(24-25-26)11-27-8-13-5-17(18(28)6-14(13)9-27)23-19(29)7-12-3-2-4-16(21)20(12)22/h2-4,10,13-14,17-18,28H,5-9,11H2,1H3,(H,23,29)/t13-,14+,17-,18-/m0/s1. The first-order chi connectivity index (χ1) is 13.9. The van der Waals surface area contributed by atoms with E-state index in [0.717, 1.165) is 24.8 Å². The Balaban J connectivity index is 1.33. The van der Waals surface area contributed by atoms with Crippen molar-refractivity contribution in [3.8, 4) is 0 Å². The van der Waals surface area contributed by atoms with Gasteiger partial charge in [0.15, 0.2) is 11.6 Å². The van der Waals surface area contributed by atoms with E-state index < -0.39 is 23.6 Å². The van der Waals surface area contributed by atoms with Crippen LogP contribution in [0, 0.1) is 23.5 Å². The summed E-state index contributed by atoms with van der Waals surface area (Å²) in [5.41, 5.74) is 0.926. The van der Waals surface area contributed by atoms with Crippen molar-refractivity contribution < 1.29 is 18.7 Å². The lowest BCUT2D eigenvalue weighted by Gasteiger charge is -2.35. The van der Waals surface area contributed by atoms with E-state index in [1.54, 1.807) is 4.68 Å². The molecule has 0 radical (unpaired) electrons. The summed E-state index contributed by atoms with van der Waals surface area (Å²) in [6.07, 6.45) is 2.28. The summed E-state index contributed by atoms with van der Waals surface area (Å²) in [5, 5.41) is 21.4. The number of aliphatic hydroxyl groups is 1. The predicted molar refractivity (Wildman–Crippen MR) is 100 cm³/mol. The molecule has 156 valence electrons. The first kappa shape index (κ1) is 19.9. The van der Waals surface area contributed by atoms with Crippen LogP contribution < -0.4 is 5.32 Å². The van der Waals surface area contributed by atoms with Crippen LogP contribution in [0.3, 0.4) is 0 Å². The normalized spacial score (nSPS) is 27.0. The van der Waals surface area contributed by atoms with Crippen LogP contribution in [-0.4, -0.2) is 56.1 Å². The summed E-state index contributed by atoms with van der Waals surface area (Å²) in [6.45, 7) is 2.47. The summed E-state index contributed by atoms with van der Waals surface area (Å²) >= 11 is 0. The van der Waals surface area contributed by atoms with Gasteiger partial charge < -0.3 is 10.4 Å². The summed E-state index contributed by atoms with van der Waals surface area (Å²) in [5.74, 6) is -1.64. The number of nitrogens with zero attached hydrogens (tertiary/aromatic N) is 4. The highest BCUT2D eigenvalue weighted by Crippen LogP contribution is 2.37. The third-order valence-electron chi connectivity index (χ3n) is 5.98. The fourth-order valence-electron chi connectivity index (χ4n) is 4.62. The average Bonchev–Trinajstić information content (AvgIpc) is 3.24. The van der Waals surface area contributed by atoms with Gasteiger partial charge in [-0.1, -0.05) is 17.3 Å². The molecule has 0 bridgehead atoms. The van der Waals surface area contributed by atoms with E-state index in [-0.39, 0.29) is 18.0 Å². The molecule has 1 aromatic carbocycles.